The Bertz CT molecular complexity index is 436. The van der Waals surface area contributed by atoms with Crippen molar-refractivity contribution < 1.29 is 23.1 Å². The number of hydrogen-bond donors (Lipinski definition) is 0. The number of ether oxygens (including phenoxy) is 2. The monoisotopic (exact) mass is 372 g/mol. The van der Waals surface area contributed by atoms with Gasteiger partial charge >= 0.3 is 14.5 Å². The molecule has 1 fully saturated rings. The molecule has 0 aromatic carbocycles. The molecule has 1 aliphatic rings. The number of carbonyl (C=O) groups is 1. The van der Waals surface area contributed by atoms with E-state index in [0.29, 0.717) is 18.1 Å². The Morgan fingerprint density at radius 2 is 1.80 bits per heavy atom. The second-order valence-electron chi connectivity index (χ2n) is 7.13. The first-order chi connectivity index (χ1) is 11.9. The van der Waals surface area contributed by atoms with E-state index in [0.717, 1.165) is 51.0 Å². The number of unbranched alkanes of at least 4 members (excludes halogenated alkanes) is 3. The van der Waals surface area contributed by atoms with Gasteiger partial charge < -0.3 is 18.3 Å². The molecular weight excluding hydrogens is 336 g/mol. The van der Waals surface area contributed by atoms with Crippen LogP contribution in [0.25, 0.3) is 0 Å². The first-order valence-electron chi connectivity index (χ1n) is 9.37. The van der Waals surface area contributed by atoms with E-state index in [9.17, 15) is 4.79 Å². The molecule has 0 aromatic rings. The highest BCUT2D eigenvalue weighted by Crippen LogP contribution is 2.46. The van der Waals surface area contributed by atoms with Gasteiger partial charge in [-0.25, -0.2) is 4.79 Å². The molecule has 146 valence electrons. The van der Waals surface area contributed by atoms with E-state index in [1.54, 1.807) is 28.3 Å². The number of rotatable bonds is 11. The van der Waals surface area contributed by atoms with Crippen LogP contribution in [-0.2, 0) is 23.1 Å². The van der Waals surface area contributed by atoms with Crippen molar-refractivity contribution in [2.75, 3.05) is 27.9 Å². The van der Waals surface area contributed by atoms with E-state index in [1.165, 1.54) is 0 Å². The van der Waals surface area contributed by atoms with Crippen LogP contribution in [0.4, 0.5) is 0 Å². The van der Waals surface area contributed by atoms with Gasteiger partial charge in [0.1, 0.15) is 5.22 Å². The molecule has 5 nitrogen and oxygen atoms in total. The third kappa shape index (κ3) is 5.15. The highest BCUT2D eigenvalue weighted by Gasteiger charge is 2.61. The Labute approximate surface area is 154 Å². The van der Waals surface area contributed by atoms with Crippen molar-refractivity contribution in [1.82, 2.24) is 0 Å². The van der Waals surface area contributed by atoms with Gasteiger partial charge in [0.25, 0.3) is 0 Å². The Morgan fingerprint density at radius 3 is 2.36 bits per heavy atom. The minimum atomic E-state index is -2.38. The van der Waals surface area contributed by atoms with E-state index >= 15 is 0 Å². The van der Waals surface area contributed by atoms with Gasteiger partial charge in [0.15, 0.2) is 0 Å². The van der Waals surface area contributed by atoms with Crippen molar-refractivity contribution in [3.63, 3.8) is 0 Å². The molecular formula is C19H36O5Si. The Kier molecular flexibility index (Phi) is 9.35. The van der Waals surface area contributed by atoms with Crippen LogP contribution in [0.2, 0.25) is 6.04 Å². The molecule has 0 spiro atoms. The average Bonchev–Trinajstić information content (AvgIpc) is 2.61. The summed E-state index contributed by atoms with van der Waals surface area (Å²) in [7, 11) is 2.98. The molecule has 0 radical (unpaired) electrons. The lowest BCUT2D eigenvalue weighted by Crippen LogP contribution is -2.68. The molecule has 1 rings (SSSR count). The molecule has 6 heteroatoms. The first kappa shape index (κ1) is 22.3. The summed E-state index contributed by atoms with van der Waals surface area (Å²) < 4.78 is 23.2. The molecule has 0 bridgehead atoms. The van der Waals surface area contributed by atoms with Crippen LogP contribution in [0.15, 0.2) is 12.2 Å². The summed E-state index contributed by atoms with van der Waals surface area (Å²) in [6, 6.07) is 0.995. The van der Waals surface area contributed by atoms with E-state index in [1.807, 2.05) is 0 Å². The molecule has 1 aliphatic heterocycles. The first-order valence-corrected chi connectivity index (χ1v) is 11.4. The van der Waals surface area contributed by atoms with E-state index in [-0.39, 0.29) is 11.2 Å². The smallest absolute Gasteiger partial charge is 0.371 e. The summed E-state index contributed by atoms with van der Waals surface area (Å²) in [5.41, 5.74) is 0.453. The third-order valence-corrected chi connectivity index (χ3v) is 10.2. The van der Waals surface area contributed by atoms with Crippen molar-refractivity contribution in [3.8, 4) is 0 Å². The number of carbonyl (C=O) groups excluding carboxylic acids is 1. The molecule has 1 saturated heterocycles. The zero-order chi connectivity index (χ0) is 18.9. The number of hydrogen-bond acceptors (Lipinski definition) is 5. The lowest BCUT2D eigenvalue weighted by atomic mass is 9.93. The topological polar surface area (TPSA) is 54.0 Å². The fourth-order valence-electron chi connectivity index (χ4n) is 4.12. The van der Waals surface area contributed by atoms with Crippen molar-refractivity contribution >= 4 is 14.5 Å². The maximum Gasteiger partial charge on any atom is 0.371 e. The summed E-state index contributed by atoms with van der Waals surface area (Å²) >= 11 is 0. The average molecular weight is 373 g/mol. The van der Waals surface area contributed by atoms with Gasteiger partial charge in [-0.05, 0) is 38.1 Å². The Hall–Kier alpha value is -0.693. The van der Waals surface area contributed by atoms with Gasteiger partial charge in [-0.15, -0.1) is 0 Å². The van der Waals surface area contributed by atoms with Crippen LogP contribution in [0, 0.1) is 5.92 Å². The number of esters is 1. The molecule has 25 heavy (non-hydrogen) atoms. The van der Waals surface area contributed by atoms with Crippen LogP contribution in [0.3, 0.4) is 0 Å². The van der Waals surface area contributed by atoms with Crippen LogP contribution in [-0.4, -0.2) is 47.7 Å². The Balaban J connectivity index is 2.48. The van der Waals surface area contributed by atoms with Crippen molar-refractivity contribution in [2.45, 2.75) is 70.1 Å². The summed E-state index contributed by atoms with van der Waals surface area (Å²) in [6.07, 6.45) is 7.33. The van der Waals surface area contributed by atoms with Crippen molar-refractivity contribution in [2.24, 2.45) is 5.92 Å². The highest BCUT2D eigenvalue weighted by molar-refractivity contribution is 6.70. The molecule has 1 heterocycles. The zero-order valence-corrected chi connectivity index (χ0v) is 17.7. The van der Waals surface area contributed by atoms with Gasteiger partial charge in [0, 0.05) is 26.9 Å². The zero-order valence-electron chi connectivity index (χ0n) is 16.7. The van der Waals surface area contributed by atoms with Gasteiger partial charge in [-0.3, -0.25) is 0 Å². The lowest BCUT2D eigenvalue weighted by Gasteiger charge is -2.51. The van der Waals surface area contributed by atoms with Crippen LogP contribution >= 0.6 is 0 Å². The maximum atomic E-state index is 11.3. The minimum Gasteiger partial charge on any atom is -0.462 e. The van der Waals surface area contributed by atoms with Gasteiger partial charge in [-0.1, -0.05) is 39.2 Å². The van der Waals surface area contributed by atoms with Gasteiger partial charge in [-0.2, -0.15) is 0 Å². The summed E-state index contributed by atoms with van der Waals surface area (Å²) in [5, 5.41) is -0.277. The normalized spacial score (nSPS) is 25.6. The van der Waals surface area contributed by atoms with Gasteiger partial charge in [0.05, 0.1) is 6.61 Å². The Morgan fingerprint density at radius 1 is 1.16 bits per heavy atom. The minimum absolute atomic E-state index is 0.277. The standard InChI is InChI=1S/C19H36O5Si/c1-16(2)18(20)24-14-10-8-7-9-13-19(21-4)17(3)12-11-15-25(19,22-5)23-6/h17H,1,7-15H2,2-6H3. The molecule has 2 unspecified atom stereocenters. The highest BCUT2D eigenvalue weighted by atomic mass is 28.4. The van der Waals surface area contributed by atoms with Crippen LogP contribution < -0.4 is 0 Å². The third-order valence-electron chi connectivity index (χ3n) is 5.63. The number of methoxy groups -OCH3 is 1. The predicted molar refractivity (Wildman–Crippen MR) is 102 cm³/mol. The second-order valence-corrected chi connectivity index (χ2v) is 10.8. The van der Waals surface area contributed by atoms with Crippen LogP contribution in [0.1, 0.15) is 58.8 Å². The SMILES string of the molecule is C=C(C)C(=O)OCCCCCCC1(OC)C(C)CCC[Si]1(OC)OC. The van der Waals surface area contributed by atoms with Crippen molar-refractivity contribution in [1.29, 1.82) is 0 Å². The molecule has 0 aliphatic carbocycles. The van der Waals surface area contributed by atoms with Crippen LogP contribution in [0.5, 0.6) is 0 Å². The summed E-state index contributed by atoms with van der Waals surface area (Å²) in [4.78, 5) is 11.3. The van der Waals surface area contributed by atoms with E-state index in [2.05, 4.69) is 13.5 Å². The van der Waals surface area contributed by atoms with Gasteiger partial charge in [0.2, 0.25) is 0 Å². The largest absolute Gasteiger partial charge is 0.462 e. The quantitative estimate of drug-likeness (QED) is 0.236. The van der Waals surface area contributed by atoms with E-state index < -0.39 is 8.56 Å². The molecule has 2 atom stereocenters. The van der Waals surface area contributed by atoms with Crippen molar-refractivity contribution in [3.05, 3.63) is 12.2 Å². The summed E-state index contributed by atoms with van der Waals surface area (Å²) in [5.74, 6) is 0.139. The van der Waals surface area contributed by atoms with E-state index in [4.69, 9.17) is 18.3 Å². The second kappa shape index (κ2) is 10.5. The summed E-state index contributed by atoms with van der Waals surface area (Å²) in [6.45, 7) is 7.98. The fourth-order valence-corrected chi connectivity index (χ4v) is 8.24. The maximum absolute atomic E-state index is 11.3. The molecule has 0 N–H and O–H groups in total. The molecule has 0 amide bonds. The fraction of sp³-hybridized carbons (Fsp3) is 0.842. The predicted octanol–water partition coefficient (Wildman–Crippen LogP) is 4.15. The molecule has 0 aromatic heterocycles. The lowest BCUT2D eigenvalue weighted by molar-refractivity contribution is -0.139. The molecule has 0 saturated carbocycles.